The summed E-state index contributed by atoms with van der Waals surface area (Å²) in [5.74, 6) is 0.746. The van der Waals surface area contributed by atoms with Gasteiger partial charge in [-0.05, 0) is 6.42 Å². The second kappa shape index (κ2) is 4.41. The minimum absolute atomic E-state index is 0.273. The first-order valence-electron chi connectivity index (χ1n) is 4.38. The van der Waals surface area contributed by atoms with Gasteiger partial charge >= 0.3 is 0 Å². The van der Waals surface area contributed by atoms with E-state index in [-0.39, 0.29) is 6.67 Å². The molecule has 0 atom stereocenters. The van der Waals surface area contributed by atoms with Gasteiger partial charge in [-0.2, -0.15) is 0 Å². The van der Waals surface area contributed by atoms with Crippen LogP contribution in [0.25, 0.3) is 5.65 Å². The van der Waals surface area contributed by atoms with Gasteiger partial charge < -0.3 is 4.40 Å². The first-order chi connectivity index (χ1) is 6.92. The molecule has 5 heteroatoms. The zero-order chi connectivity index (χ0) is 9.80. The summed E-state index contributed by atoms with van der Waals surface area (Å²) in [6.45, 7) is -0.273. The highest BCUT2D eigenvalue weighted by Crippen LogP contribution is 2.19. The van der Waals surface area contributed by atoms with Crippen LogP contribution >= 0.6 is 11.8 Å². The van der Waals surface area contributed by atoms with Gasteiger partial charge in [-0.15, -0.1) is 11.8 Å². The van der Waals surface area contributed by atoms with Gasteiger partial charge in [-0.1, -0.05) is 0 Å². The maximum absolute atomic E-state index is 11.9. The van der Waals surface area contributed by atoms with Gasteiger partial charge in [0.2, 0.25) is 0 Å². The van der Waals surface area contributed by atoms with Crippen LogP contribution in [0.4, 0.5) is 4.39 Å². The SMILES string of the molecule is FCCCSc1nccn2ccnc12. The van der Waals surface area contributed by atoms with Crippen LogP contribution in [0.15, 0.2) is 29.8 Å². The van der Waals surface area contributed by atoms with Gasteiger partial charge in [0.15, 0.2) is 5.65 Å². The number of aromatic nitrogens is 3. The lowest BCUT2D eigenvalue weighted by Gasteiger charge is -2.00. The third-order valence-corrected chi connectivity index (χ3v) is 2.85. The Morgan fingerprint density at radius 1 is 1.29 bits per heavy atom. The molecule has 2 aromatic heterocycles. The van der Waals surface area contributed by atoms with E-state index < -0.39 is 0 Å². The van der Waals surface area contributed by atoms with E-state index in [1.165, 1.54) is 0 Å². The fourth-order valence-corrected chi connectivity index (χ4v) is 2.02. The number of hydrogen-bond acceptors (Lipinski definition) is 3. The molecule has 0 aliphatic rings. The predicted molar refractivity (Wildman–Crippen MR) is 54.3 cm³/mol. The highest BCUT2D eigenvalue weighted by molar-refractivity contribution is 7.99. The molecule has 0 amide bonds. The highest BCUT2D eigenvalue weighted by Gasteiger charge is 2.03. The molecule has 0 fully saturated rings. The second-order valence-electron chi connectivity index (χ2n) is 2.78. The first-order valence-corrected chi connectivity index (χ1v) is 5.37. The normalized spacial score (nSPS) is 10.9. The Bertz CT molecular complexity index is 415. The Kier molecular flexibility index (Phi) is 2.98. The molecule has 0 radical (unpaired) electrons. The van der Waals surface area contributed by atoms with Crippen LogP contribution in [-0.2, 0) is 0 Å². The van der Waals surface area contributed by atoms with Crippen LogP contribution in [-0.4, -0.2) is 26.8 Å². The maximum Gasteiger partial charge on any atom is 0.169 e. The molecule has 14 heavy (non-hydrogen) atoms. The molecule has 0 aliphatic heterocycles. The molecule has 0 spiro atoms. The van der Waals surface area contributed by atoms with Crippen molar-refractivity contribution < 1.29 is 4.39 Å². The molecule has 3 nitrogen and oxygen atoms in total. The molecule has 2 heterocycles. The Morgan fingerprint density at radius 3 is 2.86 bits per heavy atom. The maximum atomic E-state index is 11.9. The Balaban J connectivity index is 2.19. The second-order valence-corrected chi connectivity index (χ2v) is 3.87. The van der Waals surface area contributed by atoms with Crippen molar-refractivity contribution in [1.82, 2.24) is 14.4 Å². The number of alkyl halides is 1. The third kappa shape index (κ3) is 1.87. The molecule has 0 saturated heterocycles. The standard InChI is InChI=1S/C9H10FN3S/c10-2-1-7-14-9-8-11-3-5-13(8)6-4-12-9/h3-6H,1-2,7H2. The molecular formula is C9H10FN3S. The van der Waals surface area contributed by atoms with Crippen molar-refractivity contribution in [1.29, 1.82) is 0 Å². The van der Waals surface area contributed by atoms with E-state index in [4.69, 9.17) is 0 Å². The molecule has 0 aliphatic carbocycles. The van der Waals surface area contributed by atoms with Crippen molar-refractivity contribution in [3.63, 3.8) is 0 Å². The van der Waals surface area contributed by atoms with Gasteiger partial charge in [0.05, 0.1) is 6.67 Å². The monoisotopic (exact) mass is 211 g/mol. The van der Waals surface area contributed by atoms with Gasteiger partial charge in [-0.3, -0.25) is 4.39 Å². The summed E-state index contributed by atoms with van der Waals surface area (Å²) in [5.41, 5.74) is 0.844. The number of nitrogens with zero attached hydrogens (tertiary/aromatic N) is 3. The predicted octanol–water partition coefficient (Wildman–Crippen LogP) is 2.18. The lowest BCUT2D eigenvalue weighted by molar-refractivity contribution is 0.489. The highest BCUT2D eigenvalue weighted by atomic mass is 32.2. The Labute approximate surface area is 85.4 Å². The van der Waals surface area contributed by atoms with Crippen LogP contribution in [0.3, 0.4) is 0 Å². The van der Waals surface area contributed by atoms with Crippen LogP contribution < -0.4 is 0 Å². The van der Waals surface area contributed by atoms with Crippen molar-refractivity contribution in [3.8, 4) is 0 Å². The molecule has 2 aromatic rings. The van der Waals surface area contributed by atoms with E-state index in [0.29, 0.717) is 6.42 Å². The van der Waals surface area contributed by atoms with E-state index in [0.717, 1.165) is 16.4 Å². The summed E-state index contributed by atoms with van der Waals surface area (Å²) in [7, 11) is 0. The van der Waals surface area contributed by atoms with Crippen molar-refractivity contribution in [2.75, 3.05) is 12.4 Å². The van der Waals surface area contributed by atoms with Crippen LogP contribution in [0.1, 0.15) is 6.42 Å². The molecule has 0 N–H and O–H groups in total. The summed E-state index contributed by atoms with van der Waals surface area (Å²) < 4.78 is 13.8. The summed E-state index contributed by atoms with van der Waals surface area (Å²) in [6, 6.07) is 0. The third-order valence-electron chi connectivity index (χ3n) is 1.80. The van der Waals surface area contributed by atoms with Crippen LogP contribution in [0, 0.1) is 0 Å². The van der Waals surface area contributed by atoms with Crippen molar-refractivity contribution in [3.05, 3.63) is 24.8 Å². The van der Waals surface area contributed by atoms with E-state index in [2.05, 4.69) is 9.97 Å². The van der Waals surface area contributed by atoms with E-state index >= 15 is 0 Å². The molecule has 0 bridgehead atoms. The smallest absolute Gasteiger partial charge is 0.169 e. The number of fused-ring (bicyclic) bond motifs is 1. The molecular weight excluding hydrogens is 201 g/mol. The fourth-order valence-electron chi connectivity index (χ4n) is 1.15. The van der Waals surface area contributed by atoms with Gasteiger partial charge in [0, 0.05) is 30.5 Å². The van der Waals surface area contributed by atoms with Crippen molar-refractivity contribution in [2.24, 2.45) is 0 Å². The van der Waals surface area contributed by atoms with Gasteiger partial charge in [0.25, 0.3) is 0 Å². The summed E-state index contributed by atoms with van der Waals surface area (Å²) in [5, 5.41) is 0.867. The topological polar surface area (TPSA) is 30.2 Å². The number of imidazole rings is 1. The number of hydrogen-bond donors (Lipinski definition) is 0. The lowest BCUT2D eigenvalue weighted by atomic mass is 10.6. The summed E-state index contributed by atoms with van der Waals surface area (Å²) >= 11 is 1.54. The largest absolute Gasteiger partial charge is 0.303 e. The average Bonchev–Trinajstić information content (AvgIpc) is 2.67. The molecule has 2 rings (SSSR count). The summed E-state index contributed by atoms with van der Waals surface area (Å²) in [6.07, 6.45) is 7.74. The van der Waals surface area contributed by atoms with Gasteiger partial charge in [-0.25, -0.2) is 9.97 Å². The molecule has 74 valence electrons. The molecule has 0 aromatic carbocycles. The van der Waals surface area contributed by atoms with Crippen LogP contribution in [0.5, 0.6) is 0 Å². The zero-order valence-electron chi connectivity index (χ0n) is 7.56. The van der Waals surface area contributed by atoms with E-state index in [1.54, 1.807) is 24.2 Å². The Morgan fingerprint density at radius 2 is 2.07 bits per heavy atom. The quantitative estimate of drug-likeness (QED) is 0.573. The Hall–Kier alpha value is -1.10. The summed E-state index contributed by atoms with van der Waals surface area (Å²) in [4.78, 5) is 8.39. The van der Waals surface area contributed by atoms with Crippen molar-refractivity contribution >= 4 is 17.4 Å². The molecule has 0 unspecified atom stereocenters. The number of thioether (sulfide) groups is 1. The molecule has 0 saturated carbocycles. The van der Waals surface area contributed by atoms with Gasteiger partial charge in [0.1, 0.15) is 5.03 Å². The minimum atomic E-state index is -0.273. The average molecular weight is 211 g/mol. The zero-order valence-corrected chi connectivity index (χ0v) is 8.38. The van der Waals surface area contributed by atoms with E-state index in [9.17, 15) is 4.39 Å². The van der Waals surface area contributed by atoms with E-state index in [1.807, 2.05) is 16.8 Å². The fraction of sp³-hybridized carbons (Fsp3) is 0.333. The number of halogens is 1. The van der Waals surface area contributed by atoms with Crippen LogP contribution in [0.2, 0.25) is 0 Å². The first kappa shape index (κ1) is 9.45. The minimum Gasteiger partial charge on any atom is -0.303 e. The lowest BCUT2D eigenvalue weighted by Crippen LogP contribution is -1.90. The van der Waals surface area contributed by atoms with Crippen molar-refractivity contribution in [2.45, 2.75) is 11.4 Å². The number of rotatable bonds is 4.